The Kier molecular flexibility index (Phi) is 4.75. The fraction of sp³-hybridized carbons (Fsp3) is 0.300. The molecule has 0 fully saturated rings. The normalized spacial score (nSPS) is 11.3. The fourth-order valence-electron chi connectivity index (χ4n) is 3.05. The molecule has 0 aliphatic rings. The molecule has 0 bridgehead atoms. The van der Waals surface area contributed by atoms with Crippen molar-refractivity contribution in [2.24, 2.45) is 0 Å². The van der Waals surface area contributed by atoms with E-state index in [2.05, 4.69) is 29.4 Å². The van der Waals surface area contributed by atoms with Gasteiger partial charge in [-0.05, 0) is 36.1 Å². The van der Waals surface area contributed by atoms with E-state index in [0.717, 1.165) is 45.5 Å². The van der Waals surface area contributed by atoms with Crippen LogP contribution < -0.4 is 10.1 Å². The van der Waals surface area contributed by atoms with E-state index in [9.17, 15) is 0 Å². The van der Waals surface area contributed by atoms with Crippen LogP contribution in [0.3, 0.4) is 0 Å². The van der Waals surface area contributed by atoms with Crippen LogP contribution in [0.25, 0.3) is 26.3 Å². The summed E-state index contributed by atoms with van der Waals surface area (Å²) in [5.41, 5.74) is 1.85. The third-order valence-electron chi connectivity index (χ3n) is 4.43. The molecule has 26 heavy (non-hydrogen) atoms. The van der Waals surface area contributed by atoms with E-state index in [0.29, 0.717) is 0 Å². The number of methoxy groups -OCH3 is 1. The number of ether oxygens (including phenoxy) is 1. The molecule has 134 valence electrons. The highest BCUT2D eigenvalue weighted by molar-refractivity contribution is 7.22. The Morgan fingerprint density at radius 2 is 2.12 bits per heavy atom. The van der Waals surface area contributed by atoms with Crippen molar-refractivity contribution in [1.29, 1.82) is 0 Å². The second-order valence-corrected chi connectivity index (χ2v) is 7.31. The van der Waals surface area contributed by atoms with Crippen molar-refractivity contribution >= 4 is 32.9 Å². The fourth-order valence-corrected chi connectivity index (χ4v) is 4.20. The van der Waals surface area contributed by atoms with Crippen LogP contribution in [0.4, 0.5) is 5.82 Å². The number of nitrogens with zero attached hydrogens (tertiary/aromatic N) is 3. The van der Waals surface area contributed by atoms with Gasteiger partial charge in [0.2, 0.25) is 0 Å². The minimum atomic E-state index is 0.850. The number of nitrogens with one attached hydrogen (secondary N) is 1. The molecule has 0 saturated carbocycles. The average molecular weight is 366 g/mol. The van der Waals surface area contributed by atoms with E-state index in [1.54, 1.807) is 18.4 Å². The highest BCUT2D eigenvalue weighted by atomic mass is 32.1. The number of rotatable bonds is 7. The first-order valence-electron chi connectivity index (χ1n) is 8.95. The van der Waals surface area contributed by atoms with Crippen LogP contribution in [0.15, 0.2) is 42.6 Å². The van der Waals surface area contributed by atoms with Gasteiger partial charge in [0.25, 0.3) is 0 Å². The summed E-state index contributed by atoms with van der Waals surface area (Å²) < 4.78 is 8.55. The lowest BCUT2D eigenvalue weighted by Gasteiger charge is -2.06. The number of hydrogen-bond donors (Lipinski definition) is 1. The number of fused-ring (bicyclic) bond motifs is 2. The van der Waals surface area contributed by atoms with Crippen molar-refractivity contribution in [3.63, 3.8) is 0 Å². The summed E-state index contributed by atoms with van der Waals surface area (Å²) in [6, 6.07) is 12.3. The van der Waals surface area contributed by atoms with Gasteiger partial charge in [-0.25, -0.2) is 9.50 Å². The third kappa shape index (κ3) is 3.12. The Labute approximate surface area is 156 Å². The number of thiophene rings is 1. The van der Waals surface area contributed by atoms with Crippen LogP contribution in [0.1, 0.15) is 26.2 Å². The number of imidazole rings is 1. The number of aromatic nitrogens is 3. The smallest absolute Gasteiger partial charge is 0.154 e. The van der Waals surface area contributed by atoms with E-state index in [1.165, 1.54) is 18.2 Å². The van der Waals surface area contributed by atoms with E-state index < -0.39 is 0 Å². The number of benzene rings is 1. The molecule has 0 aliphatic carbocycles. The van der Waals surface area contributed by atoms with Crippen molar-refractivity contribution in [1.82, 2.24) is 14.6 Å². The summed E-state index contributed by atoms with van der Waals surface area (Å²) in [6.45, 7) is 3.15. The molecule has 0 saturated heterocycles. The standard InChI is InChI=1S/C20H22N4OS/c1-3-4-5-11-21-18-9-10-19-22-13-15(24(19)23-18)17-12-14-7-6-8-16(25-2)20(14)26-17/h6-10,12-13H,3-5,11H2,1-2H3,(H,21,23). The Morgan fingerprint density at radius 3 is 2.96 bits per heavy atom. The van der Waals surface area contributed by atoms with Gasteiger partial charge in [0.05, 0.1) is 22.9 Å². The van der Waals surface area contributed by atoms with E-state index in [4.69, 9.17) is 9.84 Å². The van der Waals surface area contributed by atoms with Crippen LogP contribution in [0, 0.1) is 0 Å². The van der Waals surface area contributed by atoms with Crippen LogP contribution >= 0.6 is 11.3 Å². The highest BCUT2D eigenvalue weighted by Crippen LogP contribution is 2.38. The minimum Gasteiger partial charge on any atom is -0.495 e. The summed E-state index contributed by atoms with van der Waals surface area (Å²) in [4.78, 5) is 5.64. The predicted molar refractivity (Wildman–Crippen MR) is 108 cm³/mol. The third-order valence-corrected chi connectivity index (χ3v) is 5.62. The van der Waals surface area contributed by atoms with Gasteiger partial charge in [-0.15, -0.1) is 16.4 Å². The van der Waals surface area contributed by atoms with Crippen LogP contribution in [-0.4, -0.2) is 28.3 Å². The van der Waals surface area contributed by atoms with Gasteiger partial charge in [0.1, 0.15) is 17.3 Å². The second kappa shape index (κ2) is 7.33. The minimum absolute atomic E-state index is 0.850. The molecular weight excluding hydrogens is 344 g/mol. The second-order valence-electron chi connectivity index (χ2n) is 6.26. The lowest BCUT2D eigenvalue weighted by molar-refractivity contribution is 0.420. The van der Waals surface area contributed by atoms with Gasteiger partial charge < -0.3 is 10.1 Å². The summed E-state index contributed by atoms with van der Waals surface area (Å²) >= 11 is 1.71. The largest absolute Gasteiger partial charge is 0.495 e. The molecule has 0 spiro atoms. The maximum Gasteiger partial charge on any atom is 0.154 e. The van der Waals surface area contributed by atoms with E-state index in [-0.39, 0.29) is 0 Å². The molecule has 0 atom stereocenters. The van der Waals surface area contributed by atoms with E-state index in [1.807, 2.05) is 35.0 Å². The predicted octanol–water partition coefficient (Wildman–Crippen LogP) is 5.22. The molecule has 6 heteroatoms. The van der Waals surface area contributed by atoms with Gasteiger partial charge in [0.15, 0.2) is 5.65 Å². The lowest BCUT2D eigenvalue weighted by Crippen LogP contribution is -2.05. The molecule has 1 N–H and O–H groups in total. The zero-order valence-electron chi connectivity index (χ0n) is 15.0. The molecule has 3 heterocycles. The van der Waals surface area contributed by atoms with E-state index >= 15 is 0 Å². The van der Waals surface area contributed by atoms with Crippen molar-refractivity contribution < 1.29 is 4.74 Å². The molecule has 0 amide bonds. The lowest BCUT2D eigenvalue weighted by atomic mass is 10.2. The molecular formula is C20H22N4OS. The Morgan fingerprint density at radius 1 is 1.19 bits per heavy atom. The SMILES string of the molecule is CCCCCNc1ccc2ncc(-c3cc4cccc(OC)c4s3)n2n1. The topological polar surface area (TPSA) is 51.5 Å². The molecule has 0 unspecified atom stereocenters. The monoisotopic (exact) mass is 366 g/mol. The van der Waals surface area contributed by atoms with Gasteiger partial charge >= 0.3 is 0 Å². The van der Waals surface area contributed by atoms with Crippen LogP contribution in [-0.2, 0) is 0 Å². The van der Waals surface area contributed by atoms with Gasteiger partial charge in [-0.2, -0.15) is 0 Å². The van der Waals surface area contributed by atoms with Crippen molar-refractivity contribution in [3.05, 3.63) is 42.6 Å². The zero-order valence-corrected chi connectivity index (χ0v) is 15.8. The van der Waals surface area contributed by atoms with Crippen LogP contribution in [0.2, 0.25) is 0 Å². The average Bonchev–Trinajstić information content (AvgIpc) is 3.28. The summed E-state index contributed by atoms with van der Waals surface area (Å²) in [6.07, 6.45) is 5.49. The quantitative estimate of drug-likeness (QED) is 0.456. The van der Waals surface area contributed by atoms with Crippen molar-refractivity contribution in [3.8, 4) is 16.3 Å². The maximum atomic E-state index is 5.49. The molecule has 4 aromatic rings. The molecule has 3 aromatic heterocycles. The Hall–Kier alpha value is -2.60. The molecule has 1 aromatic carbocycles. The molecule has 0 aliphatic heterocycles. The highest BCUT2D eigenvalue weighted by Gasteiger charge is 2.13. The zero-order chi connectivity index (χ0) is 17.9. The first-order valence-corrected chi connectivity index (χ1v) is 9.77. The maximum absolute atomic E-state index is 5.49. The number of unbranched alkanes of at least 4 members (excludes halogenated alkanes) is 2. The Bertz CT molecular complexity index is 1040. The van der Waals surface area contributed by atoms with Crippen molar-refractivity contribution in [2.75, 3.05) is 19.0 Å². The number of anilines is 1. The Balaban J connectivity index is 1.70. The first kappa shape index (κ1) is 16.8. The van der Waals surface area contributed by atoms with Crippen molar-refractivity contribution in [2.45, 2.75) is 26.2 Å². The molecule has 4 rings (SSSR count). The molecule has 0 radical (unpaired) electrons. The summed E-state index contributed by atoms with van der Waals surface area (Å²) in [7, 11) is 1.71. The molecule has 5 nitrogen and oxygen atoms in total. The first-order chi connectivity index (χ1) is 12.8. The van der Waals surface area contributed by atoms with Gasteiger partial charge in [-0.1, -0.05) is 31.9 Å². The van der Waals surface area contributed by atoms with Gasteiger partial charge in [0, 0.05) is 6.54 Å². The number of hydrogen-bond acceptors (Lipinski definition) is 5. The van der Waals surface area contributed by atoms with Crippen LogP contribution in [0.5, 0.6) is 5.75 Å². The summed E-state index contributed by atoms with van der Waals surface area (Å²) in [5.74, 6) is 1.78. The van der Waals surface area contributed by atoms with Gasteiger partial charge in [-0.3, -0.25) is 0 Å². The summed E-state index contributed by atoms with van der Waals surface area (Å²) in [5, 5.41) is 9.32.